The zero-order valence-corrected chi connectivity index (χ0v) is 6.53. The molecule has 0 bridgehead atoms. The third-order valence-electron chi connectivity index (χ3n) is 1.58. The van der Waals surface area contributed by atoms with Crippen molar-refractivity contribution < 1.29 is 4.79 Å². The average molecular weight is 165 g/mol. The van der Waals surface area contributed by atoms with Gasteiger partial charge >= 0.3 is 0 Å². The van der Waals surface area contributed by atoms with Crippen LogP contribution >= 0.6 is 0 Å². The first-order chi connectivity index (χ1) is 5.75. The van der Waals surface area contributed by atoms with Gasteiger partial charge < -0.3 is 5.73 Å². The fourth-order valence-electron chi connectivity index (χ4n) is 0.902. The minimum Gasteiger partial charge on any atom is -0.316 e. The van der Waals surface area contributed by atoms with Crippen molar-refractivity contribution in [1.29, 1.82) is 0 Å². The maximum atomic E-state index is 11.0. The summed E-state index contributed by atoms with van der Waals surface area (Å²) < 4.78 is 0. The van der Waals surface area contributed by atoms with Crippen molar-refractivity contribution in [2.75, 3.05) is 0 Å². The number of hydrazine groups is 1. The van der Waals surface area contributed by atoms with Gasteiger partial charge in [0.15, 0.2) is 0 Å². The van der Waals surface area contributed by atoms with E-state index in [1.54, 1.807) is 12.1 Å². The predicted octanol–water partition coefficient (Wildman–Crippen LogP) is -0.324. The number of carbonyl (C=O) groups is 1. The second kappa shape index (κ2) is 3.85. The van der Waals surface area contributed by atoms with E-state index in [1.807, 2.05) is 23.6 Å². The topological polar surface area (TPSA) is 81.1 Å². The van der Waals surface area contributed by atoms with E-state index in [1.165, 1.54) is 0 Å². The Bertz CT molecular complexity index is 260. The number of benzene rings is 1. The van der Waals surface area contributed by atoms with Gasteiger partial charge in [0.2, 0.25) is 0 Å². The first-order valence-electron chi connectivity index (χ1n) is 3.56. The van der Waals surface area contributed by atoms with Crippen LogP contribution in [0.15, 0.2) is 30.3 Å². The standard InChI is InChI=1S/C8H11N3O/c9-7(8(12)11-10)6-4-2-1-3-5-6/h1-5,7H,9-10H2,(H,11,12)/t7-/m0/s1. The van der Waals surface area contributed by atoms with Crippen LogP contribution in [0.4, 0.5) is 0 Å². The summed E-state index contributed by atoms with van der Waals surface area (Å²) in [6.45, 7) is 0. The summed E-state index contributed by atoms with van der Waals surface area (Å²) >= 11 is 0. The first kappa shape index (κ1) is 8.70. The third kappa shape index (κ3) is 1.81. The highest BCUT2D eigenvalue weighted by atomic mass is 16.2. The molecule has 0 radical (unpaired) electrons. The van der Waals surface area contributed by atoms with Gasteiger partial charge in [0.05, 0.1) is 0 Å². The highest BCUT2D eigenvalue weighted by Crippen LogP contribution is 2.08. The molecular weight excluding hydrogens is 154 g/mol. The lowest BCUT2D eigenvalue weighted by molar-refractivity contribution is -0.122. The summed E-state index contributed by atoms with van der Waals surface area (Å²) in [5.74, 6) is 4.54. The predicted molar refractivity (Wildman–Crippen MR) is 45.7 cm³/mol. The second-order valence-electron chi connectivity index (χ2n) is 2.40. The number of carbonyl (C=O) groups excluding carboxylic acids is 1. The van der Waals surface area contributed by atoms with E-state index in [0.717, 1.165) is 5.56 Å². The molecule has 1 aromatic rings. The van der Waals surface area contributed by atoms with E-state index < -0.39 is 6.04 Å². The Morgan fingerprint density at radius 3 is 2.42 bits per heavy atom. The highest BCUT2D eigenvalue weighted by Gasteiger charge is 2.12. The molecule has 0 aliphatic rings. The fourth-order valence-corrected chi connectivity index (χ4v) is 0.902. The van der Waals surface area contributed by atoms with Gasteiger partial charge in [-0.2, -0.15) is 0 Å². The van der Waals surface area contributed by atoms with Crippen molar-refractivity contribution in [3.05, 3.63) is 35.9 Å². The molecule has 1 atom stereocenters. The molecular formula is C8H11N3O. The molecule has 0 saturated heterocycles. The van der Waals surface area contributed by atoms with E-state index in [4.69, 9.17) is 11.6 Å². The number of nitrogens with one attached hydrogen (secondary N) is 1. The smallest absolute Gasteiger partial charge is 0.255 e. The molecule has 1 amide bonds. The molecule has 4 nitrogen and oxygen atoms in total. The number of amides is 1. The molecule has 0 saturated carbocycles. The van der Waals surface area contributed by atoms with Crippen molar-refractivity contribution in [1.82, 2.24) is 5.43 Å². The summed E-state index contributed by atoms with van der Waals surface area (Å²) in [7, 11) is 0. The minimum absolute atomic E-state index is 0.388. The SMILES string of the molecule is NNC(=O)[C@@H](N)c1ccccc1. The van der Waals surface area contributed by atoms with Crippen LogP contribution in [-0.4, -0.2) is 5.91 Å². The summed E-state index contributed by atoms with van der Waals surface area (Å²) in [5.41, 5.74) is 8.31. The van der Waals surface area contributed by atoms with Crippen LogP contribution in [0.25, 0.3) is 0 Å². The molecule has 0 unspecified atom stereocenters. The van der Waals surface area contributed by atoms with Crippen LogP contribution in [-0.2, 0) is 4.79 Å². The number of nitrogens with two attached hydrogens (primary N) is 2. The van der Waals surface area contributed by atoms with Gasteiger partial charge in [-0.15, -0.1) is 0 Å². The molecule has 0 spiro atoms. The van der Waals surface area contributed by atoms with Crippen molar-refractivity contribution in [2.45, 2.75) is 6.04 Å². The van der Waals surface area contributed by atoms with Gasteiger partial charge in [0, 0.05) is 0 Å². The Labute approximate surface area is 70.5 Å². The van der Waals surface area contributed by atoms with Crippen LogP contribution in [0, 0.1) is 0 Å². The van der Waals surface area contributed by atoms with Gasteiger partial charge in [-0.1, -0.05) is 30.3 Å². The van der Waals surface area contributed by atoms with E-state index in [-0.39, 0.29) is 5.91 Å². The monoisotopic (exact) mass is 165 g/mol. The highest BCUT2D eigenvalue weighted by molar-refractivity contribution is 5.82. The zero-order valence-electron chi connectivity index (χ0n) is 6.53. The lowest BCUT2D eigenvalue weighted by atomic mass is 10.1. The van der Waals surface area contributed by atoms with Crippen LogP contribution in [0.2, 0.25) is 0 Å². The molecule has 12 heavy (non-hydrogen) atoms. The normalized spacial score (nSPS) is 12.2. The summed E-state index contributed by atoms with van der Waals surface area (Å²) in [6.07, 6.45) is 0. The maximum Gasteiger partial charge on any atom is 0.255 e. The van der Waals surface area contributed by atoms with Crippen molar-refractivity contribution in [2.24, 2.45) is 11.6 Å². The summed E-state index contributed by atoms with van der Waals surface area (Å²) in [5, 5.41) is 0. The van der Waals surface area contributed by atoms with Gasteiger partial charge in [-0.25, -0.2) is 5.84 Å². The van der Waals surface area contributed by atoms with Crippen molar-refractivity contribution in [3.8, 4) is 0 Å². The van der Waals surface area contributed by atoms with Gasteiger partial charge in [-0.05, 0) is 5.56 Å². The van der Waals surface area contributed by atoms with Crippen LogP contribution in [0.3, 0.4) is 0 Å². The first-order valence-corrected chi connectivity index (χ1v) is 3.56. The van der Waals surface area contributed by atoms with Gasteiger partial charge in [0.1, 0.15) is 6.04 Å². The Balaban J connectivity index is 2.78. The van der Waals surface area contributed by atoms with E-state index >= 15 is 0 Å². The second-order valence-corrected chi connectivity index (χ2v) is 2.40. The average Bonchev–Trinajstić information content (AvgIpc) is 2.17. The molecule has 0 aromatic heterocycles. The quantitative estimate of drug-likeness (QED) is 0.319. The Morgan fingerprint density at radius 1 is 1.33 bits per heavy atom. The molecule has 4 heteroatoms. The Morgan fingerprint density at radius 2 is 1.92 bits per heavy atom. The largest absolute Gasteiger partial charge is 0.316 e. The fraction of sp³-hybridized carbons (Fsp3) is 0.125. The molecule has 0 fully saturated rings. The maximum absolute atomic E-state index is 11.0. The molecule has 0 aliphatic heterocycles. The molecule has 1 aromatic carbocycles. The molecule has 1 rings (SSSR count). The van der Waals surface area contributed by atoms with Crippen LogP contribution in [0.1, 0.15) is 11.6 Å². The van der Waals surface area contributed by atoms with Crippen LogP contribution < -0.4 is 17.0 Å². The Hall–Kier alpha value is -1.39. The molecule has 5 N–H and O–H groups in total. The van der Waals surface area contributed by atoms with E-state index in [0.29, 0.717) is 0 Å². The number of rotatable bonds is 2. The molecule has 0 heterocycles. The third-order valence-corrected chi connectivity index (χ3v) is 1.58. The number of hydrogen-bond donors (Lipinski definition) is 3. The summed E-state index contributed by atoms with van der Waals surface area (Å²) in [6, 6.07) is 8.37. The van der Waals surface area contributed by atoms with E-state index in [9.17, 15) is 4.79 Å². The molecule has 64 valence electrons. The lowest BCUT2D eigenvalue weighted by Crippen LogP contribution is -2.38. The Kier molecular flexibility index (Phi) is 2.79. The van der Waals surface area contributed by atoms with Gasteiger partial charge in [0.25, 0.3) is 5.91 Å². The van der Waals surface area contributed by atoms with E-state index in [2.05, 4.69) is 0 Å². The minimum atomic E-state index is -0.684. The van der Waals surface area contributed by atoms with Gasteiger partial charge in [-0.3, -0.25) is 10.2 Å². The van der Waals surface area contributed by atoms with Crippen LogP contribution in [0.5, 0.6) is 0 Å². The number of hydrogen-bond acceptors (Lipinski definition) is 3. The molecule has 0 aliphatic carbocycles. The summed E-state index contributed by atoms with van der Waals surface area (Å²) in [4.78, 5) is 11.0. The van der Waals surface area contributed by atoms with Crippen molar-refractivity contribution >= 4 is 5.91 Å². The lowest BCUT2D eigenvalue weighted by Gasteiger charge is -2.08. The van der Waals surface area contributed by atoms with Crippen molar-refractivity contribution in [3.63, 3.8) is 0 Å². The zero-order chi connectivity index (χ0) is 8.97.